The number of anilines is 4. The summed E-state index contributed by atoms with van der Waals surface area (Å²) in [6, 6.07) is 6.83. The van der Waals surface area contributed by atoms with Crippen LogP contribution in [0.2, 0.25) is 0 Å². The van der Waals surface area contributed by atoms with Crippen LogP contribution in [0, 0.1) is 5.82 Å². The molecular weight excluding hydrogens is 567 g/mol. The van der Waals surface area contributed by atoms with E-state index >= 15 is 0 Å². The summed E-state index contributed by atoms with van der Waals surface area (Å²) >= 11 is 0. The molecule has 16 heteroatoms. The SMILES string of the molecule is CNC(=O)c1nc(-c2cnn(CCCO)c2)ccc1Nc1nc(Nc2ccc(CP=O)cc2F)ncc1C(F)(F)F. The lowest BCUT2D eigenvalue weighted by Crippen LogP contribution is -2.21. The van der Waals surface area contributed by atoms with Crippen LogP contribution in [0.25, 0.3) is 11.3 Å². The van der Waals surface area contributed by atoms with Crippen molar-refractivity contribution in [2.24, 2.45) is 0 Å². The number of aliphatic hydroxyl groups excluding tert-OH is 1. The summed E-state index contributed by atoms with van der Waals surface area (Å²) < 4.78 is 68.4. The lowest BCUT2D eigenvalue weighted by molar-refractivity contribution is -0.137. The summed E-state index contributed by atoms with van der Waals surface area (Å²) in [6.45, 7) is 0.439. The monoisotopic (exact) mass is 590 g/mol. The molecule has 11 nitrogen and oxygen atoms in total. The summed E-state index contributed by atoms with van der Waals surface area (Å²) in [5.41, 5.74) is -0.302. The number of benzene rings is 1. The molecule has 41 heavy (non-hydrogen) atoms. The number of carbonyl (C=O) groups is 1. The molecule has 4 N–H and O–H groups in total. The molecule has 0 atom stereocenters. The number of aliphatic hydroxyl groups is 1. The standard InChI is InChI=1S/C25H23F4N8O3P/c1-30-23(39)21-20(6-5-18(33-21)15-10-32-37(12-15)7-2-8-38)34-22-16(25(27,28)29)11-31-24(36-22)35-19-4-3-14(13-41-40)9-17(19)26/h3-6,9-12,38H,2,7-8,13H2,1H3,(H,30,39)(H2,31,34,35,36). The molecule has 4 rings (SSSR count). The van der Waals surface area contributed by atoms with Crippen LogP contribution < -0.4 is 16.0 Å². The summed E-state index contributed by atoms with van der Waals surface area (Å²) in [5.74, 6) is -2.47. The van der Waals surface area contributed by atoms with E-state index in [1.165, 1.54) is 37.5 Å². The number of halogens is 4. The van der Waals surface area contributed by atoms with Crippen LogP contribution in [0.3, 0.4) is 0 Å². The first-order chi connectivity index (χ1) is 19.6. The van der Waals surface area contributed by atoms with Gasteiger partial charge in [0.25, 0.3) is 5.91 Å². The van der Waals surface area contributed by atoms with Gasteiger partial charge >= 0.3 is 6.18 Å². The van der Waals surface area contributed by atoms with Crippen LogP contribution in [-0.4, -0.2) is 49.4 Å². The van der Waals surface area contributed by atoms with E-state index in [0.717, 1.165) is 6.07 Å². The minimum Gasteiger partial charge on any atom is -0.396 e. The highest BCUT2D eigenvalue weighted by Crippen LogP contribution is 2.36. The number of amides is 1. The van der Waals surface area contributed by atoms with E-state index in [4.69, 9.17) is 5.11 Å². The molecule has 0 fully saturated rings. The van der Waals surface area contributed by atoms with E-state index < -0.39 is 29.3 Å². The van der Waals surface area contributed by atoms with Gasteiger partial charge in [0.15, 0.2) is 14.2 Å². The predicted octanol–water partition coefficient (Wildman–Crippen LogP) is 4.91. The Balaban J connectivity index is 1.69. The molecule has 0 aliphatic heterocycles. The van der Waals surface area contributed by atoms with E-state index in [0.29, 0.717) is 36.0 Å². The molecule has 0 radical (unpaired) electrons. The number of aromatic nitrogens is 5. The highest BCUT2D eigenvalue weighted by Gasteiger charge is 2.36. The number of hydrogen-bond donors (Lipinski definition) is 4. The Morgan fingerprint density at radius 1 is 1.10 bits per heavy atom. The highest BCUT2D eigenvalue weighted by atomic mass is 31.1. The van der Waals surface area contributed by atoms with Crippen LogP contribution in [-0.2, 0) is 23.4 Å². The molecular formula is C25H23F4N8O3P. The van der Waals surface area contributed by atoms with Crippen LogP contribution in [0.1, 0.15) is 28.0 Å². The Labute approximate surface area is 232 Å². The van der Waals surface area contributed by atoms with Crippen LogP contribution in [0.15, 0.2) is 48.9 Å². The Morgan fingerprint density at radius 2 is 1.88 bits per heavy atom. The average molecular weight is 590 g/mol. The zero-order valence-corrected chi connectivity index (χ0v) is 22.3. The molecule has 1 aromatic carbocycles. The molecule has 0 saturated heterocycles. The molecule has 4 aromatic rings. The maximum Gasteiger partial charge on any atom is 0.421 e. The quantitative estimate of drug-likeness (QED) is 0.141. The summed E-state index contributed by atoms with van der Waals surface area (Å²) in [6.07, 6.45) is -0.589. The molecule has 0 spiro atoms. The number of nitrogens with one attached hydrogen (secondary N) is 3. The molecule has 3 aromatic heterocycles. The molecule has 0 bridgehead atoms. The van der Waals surface area contributed by atoms with Crippen molar-refractivity contribution in [3.63, 3.8) is 0 Å². The normalized spacial score (nSPS) is 11.5. The fraction of sp³-hybridized carbons (Fsp3) is 0.240. The van der Waals surface area contributed by atoms with E-state index in [-0.39, 0.29) is 44.2 Å². The average Bonchev–Trinajstić information content (AvgIpc) is 3.42. The van der Waals surface area contributed by atoms with Crippen LogP contribution in [0.4, 0.5) is 40.7 Å². The van der Waals surface area contributed by atoms with Crippen molar-refractivity contribution < 1.29 is 32.0 Å². The highest BCUT2D eigenvalue weighted by molar-refractivity contribution is 7.22. The minimum atomic E-state index is -4.87. The van der Waals surface area contributed by atoms with Crippen molar-refractivity contribution in [1.29, 1.82) is 0 Å². The first-order valence-electron chi connectivity index (χ1n) is 12.1. The fourth-order valence-corrected chi connectivity index (χ4v) is 4.03. The van der Waals surface area contributed by atoms with Crippen molar-refractivity contribution in [2.45, 2.75) is 25.3 Å². The van der Waals surface area contributed by atoms with Gasteiger partial charge in [-0.1, -0.05) is 6.07 Å². The summed E-state index contributed by atoms with van der Waals surface area (Å²) in [7, 11) is 1.15. The van der Waals surface area contributed by atoms with Crippen molar-refractivity contribution >= 4 is 37.5 Å². The maximum absolute atomic E-state index is 14.5. The predicted molar refractivity (Wildman–Crippen MR) is 142 cm³/mol. The number of pyridine rings is 1. The minimum absolute atomic E-state index is 0.0155. The summed E-state index contributed by atoms with van der Waals surface area (Å²) in [4.78, 5) is 24.6. The largest absolute Gasteiger partial charge is 0.421 e. The third-order valence-corrected chi connectivity index (χ3v) is 6.18. The van der Waals surface area contributed by atoms with Gasteiger partial charge in [0.1, 0.15) is 17.2 Å². The molecule has 1 amide bonds. The molecule has 0 aliphatic rings. The smallest absolute Gasteiger partial charge is 0.396 e. The topological polar surface area (TPSA) is 147 Å². The lowest BCUT2D eigenvalue weighted by atomic mass is 10.1. The van der Waals surface area contributed by atoms with Gasteiger partial charge in [0, 0.05) is 38.2 Å². The molecule has 214 valence electrons. The Morgan fingerprint density at radius 3 is 2.56 bits per heavy atom. The Kier molecular flexibility index (Phi) is 9.20. The van der Waals surface area contributed by atoms with Gasteiger partial charge in [0.05, 0.1) is 29.4 Å². The van der Waals surface area contributed by atoms with Crippen molar-refractivity contribution in [3.8, 4) is 11.3 Å². The first-order valence-corrected chi connectivity index (χ1v) is 13.0. The van der Waals surface area contributed by atoms with Gasteiger partial charge in [-0.2, -0.15) is 23.3 Å². The van der Waals surface area contributed by atoms with Gasteiger partial charge in [-0.05, 0) is 36.2 Å². The van der Waals surface area contributed by atoms with Gasteiger partial charge < -0.3 is 21.1 Å². The summed E-state index contributed by atoms with van der Waals surface area (Å²) in [5, 5.41) is 20.7. The fourth-order valence-electron chi connectivity index (χ4n) is 3.69. The number of rotatable bonds is 11. The second kappa shape index (κ2) is 12.8. The van der Waals surface area contributed by atoms with Gasteiger partial charge in [-0.15, -0.1) is 0 Å². The zero-order valence-electron chi connectivity index (χ0n) is 21.4. The second-order valence-corrected chi connectivity index (χ2v) is 9.12. The van der Waals surface area contributed by atoms with E-state index in [1.807, 2.05) is 0 Å². The number of carbonyl (C=O) groups excluding carboxylic acids is 1. The van der Waals surface area contributed by atoms with Gasteiger partial charge in [-0.3, -0.25) is 14.0 Å². The van der Waals surface area contributed by atoms with Crippen molar-refractivity contribution in [1.82, 2.24) is 30.0 Å². The molecule has 0 unspecified atom stereocenters. The lowest BCUT2D eigenvalue weighted by Gasteiger charge is -2.17. The number of alkyl halides is 3. The van der Waals surface area contributed by atoms with E-state index in [9.17, 15) is 26.9 Å². The van der Waals surface area contributed by atoms with E-state index in [2.05, 4.69) is 36.0 Å². The Hall–Kier alpha value is -4.49. The number of hydrogen-bond acceptors (Lipinski definition) is 9. The maximum atomic E-state index is 14.5. The van der Waals surface area contributed by atoms with Crippen LogP contribution >= 0.6 is 8.46 Å². The van der Waals surface area contributed by atoms with E-state index in [1.54, 1.807) is 10.9 Å². The third-order valence-electron chi connectivity index (χ3n) is 5.69. The third kappa shape index (κ3) is 7.18. The molecule has 0 aliphatic carbocycles. The van der Waals surface area contributed by atoms with Crippen molar-refractivity contribution in [2.75, 3.05) is 24.3 Å². The van der Waals surface area contributed by atoms with Gasteiger partial charge in [0.2, 0.25) is 5.95 Å². The zero-order chi connectivity index (χ0) is 29.6. The van der Waals surface area contributed by atoms with Crippen LogP contribution in [0.5, 0.6) is 0 Å². The number of nitrogens with zero attached hydrogens (tertiary/aromatic N) is 5. The Bertz CT molecular complexity index is 1560. The second-order valence-electron chi connectivity index (χ2n) is 8.55. The molecule has 0 saturated carbocycles. The molecule has 3 heterocycles. The first kappa shape index (κ1) is 29.5. The van der Waals surface area contributed by atoms with Gasteiger partial charge in [-0.25, -0.2) is 14.4 Å². The number of aryl methyl sites for hydroxylation is 1. The van der Waals surface area contributed by atoms with Crippen molar-refractivity contribution in [3.05, 3.63) is 71.6 Å².